The van der Waals surface area contributed by atoms with Crippen LogP contribution in [0.5, 0.6) is 0 Å². The van der Waals surface area contributed by atoms with Crippen molar-refractivity contribution in [3.05, 3.63) is 35.8 Å². The summed E-state index contributed by atoms with van der Waals surface area (Å²) >= 11 is 0. The van der Waals surface area contributed by atoms with Gasteiger partial charge in [-0.15, -0.1) is 0 Å². The highest BCUT2D eigenvalue weighted by molar-refractivity contribution is 5.83. The number of fused-ring (bicyclic) bond motifs is 1. The second-order valence-electron chi connectivity index (χ2n) is 3.16. The topological polar surface area (TPSA) is 39.6 Å². The molecule has 0 aliphatic heterocycles. The smallest absolute Gasteiger partial charge is 0.125 e. The van der Waals surface area contributed by atoms with Crippen molar-refractivity contribution in [3.8, 4) is 6.07 Å². The van der Waals surface area contributed by atoms with E-state index in [1.165, 1.54) is 12.1 Å². The maximum atomic E-state index is 12.8. The molecule has 1 aromatic heterocycles. The summed E-state index contributed by atoms with van der Waals surface area (Å²) in [7, 11) is 0. The van der Waals surface area contributed by atoms with Crippen molar-refractivity contribution in [2.45, 2.75) is 12.8 Å². The van der Waals surface area contributed by atoms with E-state index in [2.05, 4.69) is 11.1 Å². The third-order valence-corrected chi connectivity index (χ3v) is 2.24. The first-order chi connectivity index (χ1) is 6.81. The van der Waals surface area contributed by atoms with Gasteiger partial charge >= 0.3 is 0 Å². The predicted molar refractivity (Wildman–Crippen MR) is 52.2 cm³/mol. The van der Waals surface area contributed by atoms with E-state index in [1.807, 2.05) is 6.20 Å². The van der Waals surface area contributed by atoms with E-state index in [1.54, 1.807) is 6.07 Å². The number of nitrogens with zero attached hydrogens (tertiary/aromatic N) is 1. The summed E-state index contributed by atoms with van der Waals surface area (Å²) in [5.74, 6) is -0.244. The summed E-state index contributed by atoms with van der Waals surface area (Å²) in [5.41, 5.74) is 1.86. The van der Waals surface area contributed by atoms with Crippen LogP contribution in [0.3, 0.4) is 0 Å². The number of aryl methyl sites for hydroxylation is 1. The van der Waals surface area contributed by atoms with Gasteiger partial charge in [0.25, 0.3) is 0 Å². The molecule has 0 atom stereocenters. The van der Waals surface area contributed by atoms with Crippen LogP contribution in [0.15, 0.2) is 24.4 Å². The molecule has 70 valence electrons. The van der Waals surface area contributed by atoms with Crippen molar-refractivity contribution < 1.29 is 4.39 Å². The number of benzene rings is 1. The molecule has 0 amide bonds. The SMILES string of the molecule is N#CCCc1c[nH]c2cc(F)ccc12. The van der Waals surface area contributed by atoms with Crippen molar-refractivity contribution in [1.29, 1.82) is 5.26 Å². The van der Waals surface area contributed by atoms with Gasteiger partial charge in [0.2, 0.25) is 0 Å². The van der Waals surface area contributed by atoms with E-state index in [-0.39, 0.29) is 5.82 Å². The summed E-state index contributed by atoms with van der Waals surface area (Å²) in [4.78, 5) is 2.99. The fourth-order valence-electron chi connectivity index (χ4n) is 1.56. The van der Waals surface area contributed by atoms with Crippen molar-refractivity contribution >= 4 is 10.9 Å². The second-order valence-corrected chi connectivity index (χ2v) is 3.16. The lowest BCUT2D eigenvalue weighted by Crippen LogP contribution is -1.80. The molecular formula is C11H9FN2. The summed E-state index contributed by atoms with van der Waals surface area (Å²) in [6.07, 6.45) is 3.04. The monoisotopic (exact) mass is 188 g/mol. The molecule has 2 rings (SSSR count). The van der Waals surface area contributed by atoms with Crippen LogP contribution in [-0.2, 0) is 6.42 Å². The lowest BCUT2D eigenvalue weighted by molar-refractivity contribution is 0.629. The standard InChI is InChI=1S/C11H9FN2/c12-9-3-4-10-8(2-1-5-13)7-14-11(10)6-9/h3-4,6-7,14H,1-2H2. The molecule has 1 N–H and O–H groups in total. The quantitative estimate of drug-likeness (QED) is 0.773. The fourth-order valence-corrected chi connectivity index (χ4v) is 1.56. The number of aromatic amines is 1. The minimum absolute atomic E-state index is 0.244. The Kier molecular flexibility index (Phi) is 2.19. The van der Waals surface area contributed by atoms with Crippen molar-refractivity contribution in [1.82, 2.24) is 4.98 Å². The minimum atomic E-state index is -0.244. The van der Waals surface area contributed by atoms with Crippen LogP contribution in [0.1, 0.15) is 12.0 Å². The molecule has 3 heteroatoms. The number of H-pyrrole nitrogens is 1. The molecular weight excluding hydrogens is 179 g/mol. The minimum Gasteiger partial charge on any atom is -0.361 e. The number of nitrogens with one attached hydrogen (secondary N) is 1. The lowest BCUT2D eigenvalue weighted by Gasteiger charge is -1.94. The van der Waals surface area contributed by atoms with Crippen LogP contribution in [0.4, 0.5) is 4.39 Å². The largest absolute Gasteiger partial charge is 0.361 e. The van der Waals surface area contributed by atoms with Gasteiger partial charge in [-0.1, -0.05) is 0 Å². The third kappa shape index (κ3) is 1.47. The lowest BCUT2D eigenvalue weighted by atomic mass is 10.1. The first-order valence-corrected chi connectivity index (χ1v) is 4.44. The number of aromatic nitrogens is 1. The normalized spacial score (nSPS) is 10.3. The Labute approximate surface area is 81.0 Å². The molecule has 0 saturated carbocycles. The number of rotatable bonds is 2. The highest BCUT2D eigenvalue weighted by atomic mass is 19.1. The summed E-state index contributed by atoms with van der Waals surface area (Å²) in [6.45, 7) is 0. The summed E-state index contributed by atoms with van der Waals surface area (Å²) in [6, 6.07) is 6.74. The Morgan fingerprint density at radius 1 is 1.43 bits per heavy atom. The molecule has 1 aromatic carbocycles. The first-order valence-electron chi connectivity index (χ1n) is 4.44. The molecule has 2 nitrogen and oxygen atoms in total. The van der Waals surface area contributed by atoms with E-state index >= 15 is 0 Å². The Morgan fingerprint density at radius 3 is 3.07 bits per heavy atom. The van der Waals surface area contributed by atoms with Gasteiger partial charge in [0.15, 0.2) is 0 Å². The van der Waals surface area contributed by atoms with E-state index in [0.29, 0.717) is 12.8 Å². The zero-order valence-electron chi connectivity index (χ0n) is 7.55. The van der Waals surface area contributed by atoms with Gasteiger partial charge in [-0.25, -0.2) is 4.39 Å². The van der Waals surface area contributed by atoms with Crippen LogP contribution >= 0.6 is 0 Å². The maximum absolute atomic E-state index is 12.8. The summed E-state index contributed by atoms with van der Waals surface area (Å²) < 4.78 is 12.8. The van der Waals surface area contributed by atoms with Gasteiger partial charge in [0.1, 0.15) is 5.82 Å². The molecule has 0 radical (unpaired) electrons. The average Bonchev–Trinajstić information content (AvgIpc) is 2.57. The Bertz CT molecular complexity index is 493. The molecule has 0 aliphatic rings. The van der Waals surface area contributed by atoms with E-state index in [0.717, 1.165) is 16.5 Å². The van der Waals surface area contributed by atoms with E-state index in [9.17, 15) is 4.39 Å². The van der Waals surface area contributed by atoms with Crippen LogP contribution in [-0.4, -0.2) is 4.98 Å². The zero-order chi connectivity index (χ0) is 9.97. The molecule has 0 fully saturated rings. The van der Waals surface area contributed by atoms with Crippen LogP contribution in [0, 0.1) is 17.1 Å². The number of hydrogen-bond acceptors (Lipinski definition) is 1. The first kappa shape index (κ1) is 8.76. The molecule has 0 spiro atoms. The van der Waals surface area contributed by atoms with Gasteiger partial charge in [0.05, 0.1) is 6.07 Å². The molecule has 2 aromatic rings. The number of halogens is 1. The van der Waals surface area contributed by atoms with Gasteiger partial charge in [-0.05, 0) is 30.2 Å². The number of nitriles is 1. The molecule has 14 heavy (non-hydrogen) atoms. The van der Waals surface area contributed by atoms with Gasteiger partial charge in [-0.2, -0.15) is 5.26 Å². The molecule has 0 bridgehead atoms. The van der Waals surface area contributed by atoms with Gasteiger partial charge in [-0.3, -0.25) is 0 Å². The third-order valence-electron chi connectivity index (χ3n) is 2.24. The van der Waals surface area contributed by atoms with Gasteiger partial charge < -0.3 is 4.98 Å². The van der Waals surface area contributed by atoms with Crippen molar-refractivity contribution in [3.63, 3.8) is 0 Å². The molecule has 0 aliphatic carbocycles. The highest BCUT2D eigenvalue weighted by Crippen LogP contribution is 2.20. The van der Waals surface area contributed by atoms with E-state index in [4.69, 9.17) is 5.26 Å². The predicted octanol–water partition coefficient (Wildman–Crippen LogP) is 2.76. The van der Waals surface area contributed by atoms with Crippen LogP contribution < -0.4 is 0 Å². The summed E-state index contributed by atoms with van der Waals surface area (Å²) in [5, 5.41) is 9.46. The Balaban J connectivity index is 2.43. The highest BCUT2D eigenvalue weighted by Gasteiger charge is 2.03. The molecule has 0 unspecified atom stereocenters. The van der Waals surface area contributed by atoms with Gasteiger partial charge in [0, 0.05) is 23.5 Å². The average molecular weight is 188 g/mol. The molecule has 0 saturated heterocycles. The van der Waals surface area contributed by atoms with E-state index < -0.39 is 0 Å². The van der Waals surface area contributed by atoms with Crippen LogP contribution in [0.2, 0.25) is 0 Å². The number of hydrogen-bond donors (Lipinski definition) is 1. The van der Waals surface area contributed by atoms with Crippen LogP contribution in [0.25, 0.3) is 10.9 Å². The Hall–Kier alpha value is -1.82. The second kappa shape index (κ2) is 3.51. The van der Waals surface area contributed by atoms with Crippen molar-refractivity contribution in [2.24, 2.45) is 0 Å². The Morgan fingerprint density at radius 2 is 2.29 bits per heavy atom. The molecule has 1 heterocycles. The zero-order valence-corrected chi connectivity index (χ0v) is 7.55. The van der Waals surface area contributed by atoms with Crippen molar-refractivity contribution in [2.75, 3.05) is 0 Å². The fraction of sp³-hybridized carbons (Fsp3) is 0.182. The maximum Gasteiger partial charge on any atom is 0.125 e.